The Morgan fingerprint density at radius 2 is 2.15 bits per heavy atom. The van der Waals surface area contributed by atoms with Gasteiger partial charge >= 0.3 is 0 Å². The number of nitrogens with zero attached hydrogens (tertiary/aromatic N) is 2. The molecule has 2 unspecified atom stereocenters. The maximum atomic E-state index is 9.55. The Bertz CT molecular complexity index is 477. The van der Waals surface area contributed by atoms with Crippen LogP contribution in [0.1, 0.15) is 23.6 Å². The maximum absolute atomic E-state index is 9.55. The molecule has 4 heteroatoms. The number of phenolic OH excluding ortho intramolecular Hbond substituents is 1. The summed E-state index contributed by atoms with van der Waals surface area (Å²) < 4.78 is 0. The van der Waals surface area contributed by atoms with E-state index in [-0.39, 0.29) is 0 Å². The minimum Gasteiger partial charge on any atom is -0.508 e. The van der Waals surface area contributed by atoms with E-state index in [1.165, 1.54) is 17.7 Å². The molecule has 1 aliphatic carbocycles. The molecule has 1 heterocycles. The van der Waals surface area contributed by atoms with E-state index in [2.05, 4.69) is 35.3 Å². The molecule has 1 fully saturated rings. The van der Waals surface area contributed by atoms with Crippen LogP contribution in [0.2, 0.25) is 0 Å². The number of rotatable bonds is 3. The summed E-state index contributed by atoms with van der Waals surface area (Å²) in [5.41, 5.74) is 2.67. The molecule has 0 bridgehead atoms. The highest BCUT2D eigenvalue weighted by Crippen LogP contribution is 2.33. The molecule has 0 radical (unpaired) electrons. The lowest BCUT2D eigenvalue weighted by Crippen LogP contribution is -2.54. The van der Waals surface area contributed by atoms with Crippen molar-refractivity contribution in [1.29, 1.82) is 0 Å². The van der Waals surface area contributed by atoms with E-state index < -0.39 is 0 Å². The van der Waals surface area contributed by atoms with Crippen LogP contribution in [0.4, 0.5) is 0 Å². The highest BCUT2D eigenvalue weighted by atomic mass is 16.3. The minimum atomic E-state index is 0.387. The minimum absolute atomic E-state index is 0.387. The topological polar surface area (TPSA) is 38.7 Å². The van der Waals surface area contributed by atoms with Gasteiger partial charge in [-0.3, -0.25) is 4.90 Å². The van der Waals surface area contributed by atoms with Crippen LogP contribution in [0, 0.1) is 0 Å². The van der Waals surface area contributed by atoms with Gasteiger partial charge < -0.3 is 15.3 Å². The first kappa shape index (κ1) is 13.9. The molecule has 1 saturated heterocycles. The van der Waals surface area contributed by atoms with Crippen LogP contribution in [0.3, 0.4) is 0 Å². The second kappa shape index (κ2) is 5.72. The molecule has 4 nitrogen and oxygen atoms in total. The van der Waals surface area contributed by atoms with Crippen molar-refractivity contribution in [1.82, 2.24) is 15.1 Å². The van der Waals surface area contributed by atoms with Gasteiger partial charge in [0.2, 0.25) is 0 Å². The molecule has 2 aliphatic rings. The maximum Gasteiger partial charge on any atom is 0.115 e. The van der Waals surface area contributed by atoms with E-state index in [0.717, 1.165) is 32.5 Å². The molecular formula is C16H25N3O. The predicted molar refractivity (Wildman–Crippen MR) is 81.1 cm³/mol. The van der Waals surface area contributed by atoms with Crippen LogP contribution < -0.4 is 5.32 Å². The van der Waals surface area contributed by atoms with Crippen molar-refractivity contribution in [3.63, 3.8) is 0 Å². The molecule has 20 heavy (non-hydrogen) atoms. The molecule has 0 spiro atoms. The normalized spacial score (nSPS) is 27.7. The summed E-state index contributed by atoms with van der Waals surface area (Å²) in [6.45, 7) is 4.49. The molecule has 1 aromatic rings. The molecule has 2 atom stereocenters. The monoisotopic (exact) mass is 275 g/mol. The van der Waals surface area contributed by atoms with Crippen LogP contribution in [-0.4, -0.2) is 61.2 Å². The molecule has 3 rings (SSSR count). The fraction of sp³-hybridized carbons (Fsp3) is 0.625. The molecule has 0 aromatic heterocycles. The predicted octanol–water partition coefficient (Wildman–Crippen LogP) is 1.21. The van der Waals surface area contributed by atoms with E-state index in [9.17, 15) is 5.11 Å². The highest BCUT2D eigenvalue weighted by Gasteiger charge is 2.26. The average molecular weight is 275 g/mol. The second-order valence-corrected chi connectivity index (χ2v) is 6.28. The van der Waals surface area contributed by atoms with Gasteiger partial charge in [0.25, 0.3) is 0 Å². The lowest BCUT2D eigenvalue weighted by atomic mass is 10.1. The number of fused-ring (bicyclic) bond motifs is 1. The Balaban J connectivity index is 1.60. The molecule has 2 N–H and O–H groups in total. The third kappa shape index (κ3) is 2.82. The third-order valence-electron chi connectivity index (χ3n) is 4.78. The van der Waals surface area contributed by atoms with E-state index in [1.54, 1.807) is 6.07 Å². The Kier molecular flexibility index (Phi) is 3.96. The van der Waals surface area contributed by atoms with Gasteiger partial charge in [-0.25, -0.2) is 0 Å². The Hall–Kier alpha value is -1.10. The number of benzene rings is 1. The van der Waals surface area contributed by atoms with Crippen molar-refractivity contribution >= 4 is 0 Å². The zero-order valence-electron chi connectivity index (χ0n) is 12.5. The molecule has 110 valence electrons. The van der Waals surface area contributed by atoms with Crippen molar-refractivity contribution in [2.45, 2.75) is 24.9 Å². The first-order valence-electron chi connectivity index (χ1n) is 7.57. The van der Waals surface area contributed by atoms with Gasteiger partial charge in [0.15, 0.2) is 0 Å². The van der Waals surface area contributed by atoms with Crippen molar-refractivity contribution in [2.75, 3.05) is 40.3 Å². The number of hydrogen-bond donors (Lipinski definition) is 2. The van der Waals surface area contributed by atoms with Crippen LogP contribution in [0.25, 0.3) is 0 Å². The quantitative estimate of drug-likeness (QED) is 0.870. The first-order chi connectivity index (χ1) is 9.63. The zero-order chi connectivity index (χ0) is 14.1. The number of likely N-dealkylation sites (N-methyl/N-ethyl adjacent to an activating group) is 2. The summed E-state index contributed by atoms with van der Waals surface area (Å²) in [7, 11) is 4.42. The summed E-state index contributed by atoms with van der Waals surface area (Å²) in [5, 5.41) is 13.3. The van der Waals surface area contributed by atoms with E-state index >= 15 is 0 Å². The van der Waals surface area contributed by atoms with Crippen LogP contribution >= 0.6 is 0 Å². The Labute approximate surface area is 121 Å². The molecule has 1 aromatic carbocycles. The third-order valence-corrected chi connectivity index (χ3v) is 4.78. The largest absolute Gasteiger partial charge is 0.508 e. The summed E-state index contributed by atoms with van der Waals surface area (Å²) >= 11 is 0. The fourth-order valence-corrected chi connectivity index (χ4v) is 3.42. The number of phenols is 1. The SMILES string of the molecule is CN1CCN(C)C(CNC2CCc3cc(O)ccc32)C1. The van der Waals surface area contributed by atoms with Gasteiger partial charge in [-0.2, -0.15) is 0 Å². The lowest BCUT2D eigenvalue weighted by molar-refractivity contribution is 0.111. The number of aromatic hydroxyl groups is 1. The fourth-order valence-electron chi connectivity index (χ4n) is 3.42. The zero-order valence-corrected chi connectivity index (χ0v) is 12.5. The van der Waals surface area contributed by atoms with Crippen LogP contribution in [-0.2, 0) is 6.42 Å². The Morgan fingerprint density at radius 3 is 3.00 bits per heavy atom. The van der Waals surface area contributed by atoms with Gasteiger partial charge in [0.05, 0.1) is 0 Å². The number of hydrogen-bond acceptors (Lipinski definition) is 4. The van der Waals surface area contributed by atoms with Crippen LogP contribution in [0.15, 0.2) is 18.2 Å². The van der Waals surface area contributed by atoms with E-state index in [0.29, 0.717) is 17.8 Å². The number of piperazine rings is 1. The lowest BCUT2D eigenvalue weighted by Gasteiger charge is -2.38. The number of nitrogens with one attached hydrogen (secondary N) is 1. The first-order valence-corrected chi connectivity index (χ1v) is 7.57. The van der Waals surface area contributed by atoms with Crippen molar-refractivity contribution in [2.24, 2.45) is 0 Å². The molecule has 0 saturated carbocycles. The summed E-state index contributed by atoms with van der Waals surface area (Å²) in [6.07, 6.45) is 2.22. The summed E-state index contributed by atoms with van der Waals surface area (Å²) in [6, 6.07) is 6.84. The van der Waals surface area contributed by atoms with Crippen molar-refractivity contribution in [3.8, 4) is 5.75 Å². The van der Waals surface area contributed by atoms with Crippen molar-refractivity contribution in [3.05, 3.63) is 29.3 Å². The van der Waals surface area contributed by atoms with Gasteiger partial charge in [-0.15, -0.1) is 0 Å². The van der Waals surface area contributed by atoms with Crippen molar-refractivity contribution < 1.29 is 5.11 Å². The van der Waals surface area contributed by atoms with E-state index in [4.69, 9.17) is 0 Å². The van der Waals surface area contributed by atoms with E-state index in [1.807, 2.05) is 6.07 Å². The Morgan fingerprint density at radius 1 is 1.30 bits per heavy atom. The standard InChI is InChI=1S/C16H25N3O/c1-18-7-8-19(2)13(11-18)10-17-16-6-3-12-9-14(20)4-5-15(12)16/h4-5,9,13,16-17,20H,3,6-8,10-11H2,1-2H3. The van der Waals surface area contributed by atoms with Gasteiger partial charge in [-0.05, 0) is 50.2 Å². The van der Waals surface area contributed by atoms with Gasteiger partial charge in [0.1, 0.15) is 5.75 Å². The second-order valence-electron chi connectivity index (χ2n) is 6.28. The smallest absolute Gasteiger partial charge is 0.115 e. The van der Waals surface area contributed by atoms with Crippen LogP contribution in [0.5, 0.6) is 5.75 Å². The molecule has 1 aliphatic heterocycles. The number of aryl methyl sites for hydroxylation is 1. The summed E-state index contributed by atoms with van der Waals surface area (Å²) in [5.74, 6) is 0.387. The van der Waals surface area contributed by atoms with Gasteiger partial charge in [-0.1, -0.05) is 6.07 Å². The highest BCUT2D eigenvalue weighted by molar-refractivity contribution is 5.40. The summed E-state index contributed by atoms with van der Waals surface area (Å²) in [4.78, 5) is 4.87. The van der Waals surface area contributed by atoms with Gasteiger partial charge in [0, 0.05) is 38.3 Å². The average Bonchev–Trinajstić information content (AvgIpc) is 2.82. The molecular weight excluding hydrogens is 250 g/mol. The molecule has 0 amide bonds.